The van der Waals surface area contributed by atoms with Gasteiger partial charge in [-0.05, 0) is 25.0 Å². The van der Waals surface area contributed by atoms with E-state index in [1.807, 2.05) is 19.2 Å². The van der Waals surface area contributed by atoms with Gasteiger partial charge in [0.1, 0.15) is 5.65 Å². The molecule has 138 valence electrons. The number of aromatic nitrogens is 2. The minimum atomic E-state index is 0. The van der Waals surface area contributed by atoms with Crippen LogP contribution in [0.3, 0.4) is 0 Å². The van der Waals surface area contributed by atoms with Crippen LogP contribution in [-0.4, -0.2) is 51.4 Å². The van der Waals surface area contributed by atoms with Gasteiger partial charge in [0.05, 0.1) is 12.2 Å². The normalized spacial score (nSPS) is 18.5. The predicted molar refractivity (Wildman–Crippen MR) is 118 cm³/mol. The fourth-order valence-electron chi connectivity index (χ4n) is 3.06. The second-order valence-corrected chi connectivity index (χ2v) is 7.97. The van der Waals surface area contributed by atoms with Crippen molar-refractivity contribution in [3.05, 3.63) is 35.8 Å². The standard InChI is InChI=1S/C18H27N5S.HI/c1-13(2)16-12-22(8-9-24-16)18(19-4)20-10-15-11-23-14(3)6-5-7-17(23)21-15;/h5-7,11,13,16H,8-10,12H2,1-4H3,(H,19,20);1H. The average Bonchev–Trinajstić information content (AvgIpc) is 3.00. The Kier molecular flexibility index (Phi) is 7.42. The van der Waals surface area contributed by atoms with Gasteiger partial charge in [-0.3, -0.25) is 4.99 Å². The molecule has 3 heterocycles. The summed E-state index contributed by atoms with van der Waals surface area (Å²) >= 11 is 2.08. The van der Waals surface area contributed by atoms with Crippen molar-refractivity contribution in [2.75, 3.05) is 25.9 Å². The number of aryl methyl sites for hydroxylation is 1. The molecule has 0 bridgehead atoms. The van der Waals surface area contributed by atoms with Crippen LogP contribution in [0, 0.1) is 12.8 Å². The molecule has 0 radical (unpaired) electrons. The van der Waals surface area contributed by atoms with Crippen LogP contribution in [0.4, 0.5) is 0 Å². The smallest absolute Gasteiger partial charge is 0.194 e. The largest absolute Gasteiger partial charge is 0.351 e. The van der Waals surface area contributed by atoms with Crippen molar-refractivity contribution in [1.29, 1.82) is 0 Å². The number of thioether (sulfide) groups is 1. The van der Waals surface area contributed by atoms with E-state index < -0.39 is 0 Å². The highest BCUT2D eigenvalue weighted by Crippen LogP contribution is 2.24. The summed E-state index contributed by atoms with van der Waals surface area (Å²) in [6, 6.07) is 6.19. The van der Waals surface area contributed by atoms with Gasteiger partial charge in [-0.2, -0.15) is 11.8 Å². The number of pyridine rings is 1. The molecule has 0 amide bonds. The molecule has 25 heavy (non-hydrogen) atoms. The molecule has 1 saturated heterocycles. The Morgan fingerprint density at radius 3 is 2.92 bits per heavy atom. The number of imidazole rings is 1. The van der Waals surface area contributed by atoms with Gasteiger partial charge in [0.2, 0.25) is 0 Å². The van der Waals surface area contributed by atoms with E-state index in [0.717, 1.165) is 36.1 Å². The van der Waals surface area contributed by atoms with E-state index >= 15 is 0 Å². The van der Waals surface area contributed by atoms with E-state index in [4.69, 9.17) is 4.98 Å². The minimum absolute atomic E-state index is 0. The zero-order chi connectivity index (χ0) is 17.1. The minimum Gasteiger partial charge on any atom is -0.351 e. The van der Waals surface area contributed by atoms with Gasteiger partial charge >= 0.3 is 0 Å². The second-order valence-electron chi connectivity index (χ2n) is 6.63. The molecule has 1 N–H and O–H groups in total. The fraction of sp³-hybridized carbons (Fsp3) is 0.556. The van der Waals surface area contributed by atoms with Gasteiger partial charge in [-0.1, -0.05) is 19.9 Å². The lowest BCUT2D eigenvalue weighted by molar-refractivity contribution is 0.380. The third-order valence-electron chi connectivity index (χ3n) is 4.52. The maximum atomic E-state index is 4.69. The first kappa shape index (κ1) is 20.4. The summed E-state index contributed by atoms with van der Waals surface area (Å²) in [5.74, 6) is 2.84. The number of nitrogens with zero attached hydrogens (tertiary/aromatic N) is 4. The first-order valence-corrected chi connectivity index (χ1v) is 9.64. The average molecular weight is 473 g/mol. The number of fused-ring (bicyclic) bond motifs is 1. The molecule has 0 spiro atoms. The van der Waals surface area contributed by atoms with E-state index in [9.17, 15) is 0 Å². The van der Waals surface area contributed by atoms with E-state index in [1.165, 1.54) is 5.69 Å². The number of nitrogens with one attached hydrogen (secondary N) is 1. The van der Waals surface area contributed by atoms with Gasteiger partial charge in [-0.25, -0.2) is 4.98 Å². The van der Waals surface area contributed by atoms with Crippen LogP contribution in [0.15, 0.2) is 29.4 Å². The monoisotopic (exact) mass is 473 g/mol. The van der Waals surface area contributed by atoms with Gasteiger partial charge in [0.15, 0.2) is 5.96 Å². The van der Waals surface area contributed by atoms with Crippen LogP contribution in [0.1, 0.15) is 25.2 Å². The van der Waals surface area contributed by atoms with Gasteiger partial charge in [0.25, 0.3) is 0 Å². The summed E-state index contributed by atoms with van der Waals surface area (Å²) < 4.78 is 2.13. The van der Waals surface area contributed by atoms with E-state index in [1.54, 1.807) is 0 Å². The van der Waals surface area contributed by atoms with Crippen LogP contribution < -0.4 is 5.32 Å². The summed E-state index contributed by atoms with van der Waals surface area (Å²) in [6.45, 7) is 9.52. The summed E-state index contributed by atoms with van der Waals surface area (Å²) in [5, 5.41) is 4.16. The maximum Gasteiger partial charge on any atom is 0.194 e. The van der Waals surface area contributed by atoms with E-state index in [0.29, 0.717) is 17.7 Å². The van der Waals surface area contributed by atoms with Crippen molar-refractivity contribution in [2.24, 2.45) is 10.9 Å². The lowest BCUT2D eigenvalue weighted by Gasteiger charge is -2.36. The molecule has 0 aliphatic carbocycles. The van der Waals surface area contributed by atoms with Crippen LogP contribution in [0.25, 0.3) is 5.65 Å². The molecule has 1 aliphatic heterocycles. The van der Waals surface area contributed by atoms with Crippen molar-refractivity contribution < 1.29 is 0 Å². The second kappa shape index (κ2) is 9.12. The van der Waals surface area contributed by atoms with Gasteiger partial charge in [0, 0.05) is 43.0 Å². The van der Waals surface area contributed by atoms with Gasteiger partial charge < -0.3 is 14.6 Å². The zero-order valence-electron chi connectivity index (χ0n) is 15.4. The molecular formula is C18H28IN5S. The molecule has 1 fully saturated rings. The van der Waals surface area contributed by atoms with E-state index in [-0.39, 0.29) is 24.0 Å². The van der Waals surface area contributed by atoms with Crippen molar-refractivity contribution in [1.82, 2.24) is 19.6 Å². The molecule has 3 rings (SSSR count). The molecule has 7 heteroatoms. The fourth-order valence-corrected chi connectivity index (χ4v) is 4.36. The molecule has 2 aromatic heterocycles. The highest BCUT2D eigenvalue weighted by molar-refractivity contribution is 14.0. The lowest BCUT2D eigenvalue weighted by atomic mass is 10.1. The summed E-state index contributed by atoms with van der Waals surface area (Å²) in [6.07, 6.45) is 2.11. The lowest BCUT2D eigenvalue weighted by Crippen LogP contribution is -2.48. The Balaban J connectivity index is 0.00000225. The third-order valence-corrected chi connectivity index (χ3v) is 6.06. The maximum absolute atomic E-state index is 4.69. The Morgan fingerprint density at radius 1 is 1.44 bits per heavy atom. The quantitative estimate of drug-likeness (QED) is 0.422. The molecule has 0 aromatic carbocycles. The number of halogens is 1. The number of hydrogen-bond acceptors (Lipinski definition) is 3. The summed E-state index contributed by atoms with van der Waals surface area (Å²) in [4.78, 5) is 11.5. The Morgan fingerprint density at radius 2 is 2.24 bits per heavy atom. The highest BCUT2D eigenvalue weighted by atomic mass is 127. The predicted octanol–water partition coefficient (Wildman–Crippen LogP) is 3.41. The SMILES string of the molecule is CN=C(NCc1cn2c(C)cccc2n1)N1CCSC(C(C)C)C1.I. The number of hydrogen-bond donors (Lipinski definition) is 1. The number of rotatable bonds is 3. The first-order valence-electron chi connectivity index (χ1n) is 8.59. The van der Waals surface area contributed by atoms with Gasteiger partial charge in [-0.15, -0.1) is 24.0 Å². The van der Waals surface area contributed by atoms with Crippen molar-refractivity contribution >= 4 is 47.3 Å². The van der Waals surface area contributed by atoms with Crippen LogP contribution >= 0.6 is 35.7 Å². The molecule has 5 nitrogen and oxygen atoms in total. The summed E-state index contributed by atoms with van der Waals surface area (Å²) in [5.41, 5.74) is 3.23. The third kappa shape index (κ3) is 4.81. The first-order chi connectivity index (χ1) is 11.6. The van der Waals surface area contributed by atoms with Crippen LogP contribution in [0.5, 0.6) is 0 Å². The van der Waals surface area contributed by atoms with Crippen molar-refractivity contribution in [2.45, 2.75) is 32.6 Å². The van der Waals surface area contributed by atoms with Crippen molar-refractivity contribution in [3.63, 3.8) is 0 Å². The molecule has 0 saturated carbocycles. The van der Waals surface area contributed by atoms with E-state index in [2.05, 4.69) is 64.4 Å². The molecule has 1 aliphatic rings. The summed E-state index contributed by atoms with van der Waals surface area (Å²) in [7, 11) is 1.86. The Labute approximate surface area is 171 Å². The zero-order valence-corrected chi connectivity index (χ0v) is 18.5. The number of guanidine groups is 1. The molecule has 1 atom stereocenters. The molecule has 1 unspecified atom stereocenters. The highest BCUT2D eigenvalue weighted by Gasteiger charge is 2.24. The number of aliphatic imine (C=N–C) groups is 1. The Hall–Kier alpha value is -0.960. The Bertz CT molecular complexity index is 727. The van der Waals surface area contributed by atoms with Crippen molar-refractivity contribution in [3.8, 4) is 0 Å². The molecular weight excluding hydrogens is 445 g/mol. The molecule has 2 aromatic rings. The van der Waals surface area contributed by atoms with Crippen LogP contribution in [-0.2, 0) is 6.54 Å². The topological polar surface area (TPSA) is 44.9 Å². The van der Waals surface area contributed by atoms with Crippen LogP contribution in [0.2, 0.25) is 0 Å².